The van der Waals surface area contributed by atoms with E-state index in [-0.39, 0.29) is 17.6 Å². The number of aliphatic hydroxyl groups excluding tert-OH is 1. The first-order chi connectivity index (χ1) is 11.4. The summed E-state index contributed by atoms with van der Waals surface area (Å²) in [7, 11) is 0. The van der Waals surface area contributed by atoms with Crippen molar-refractivity contribution in [3.05, 3.63) is 23.9 Å². The van der Waals surface area contributed by atoms with E-state index in [1.807, 2.05) is 32.2 Å². The maximum absolute atomic E-state index is 11.9. The first-order valence-electron chi connectivity index (χ1n) is 8.75. The van der Waals surface area contributed by atoms with E-state index in [4.69, 9.17) is 0 Å². The van der Waals surface area contributed by atoms with Crippen molar-refractivity contribution in [1.29, 1.82) is 0 Å². The summed E-state index contributed by atoms with van der Waals surface area (Å²) in [5.41, 5.74) is 0.848. The number of carbonyl (C=O) groups excluding carboxylic acids is 1. The molecule has 1 aromatic rings. The van der Waals surface area contributed by atoms with E-state index in [0.717, 1.165) is 24.5 Å². The average Bonchev–Trinajstić information content (AvgIpc) is 3.05. The van der Waals surface area contributed by atoms with Crippen LogP contribution in [-0.4, -0.2) is 41.9 Å². The van der Waals surface area contributed by atoms with Gasteiger partial charge < -0.3 is 20.6 Å². The van der Waals surface area contributed by atoms with Crippen LogP contribution in [0.4, 0.5) is 10.6 Å². The van der Waals surface area contributed by atoms with Gasteiger partial charge in [-0.25, -0.2) is 9.78 Å². The highest BCUT2D eigenvalue weighted by Crippen LogP contribution is 2.21. The molecule has 1 atom stereocenters. The lowest BCUT2D eigenvalue weighted by Gasteiger charge is -2.26. The van der Waals surface area contributed by atoms with Crippen LogP contribution in [0.15, 0.2) is 18.3 Å². The van der Waals surface area contributed by atoms with Crippen molar-refractivity contribution in [2.24, 2.45) is 5.41 Å². The summed E-state index contributed by atoms with van der Waals surface area (Å²) in [4.78, 5) is 18.7. The Morgan fingerprint density at radius 2 is 2.04 bits per heavy atom. The van der Waals surface area contributed by atoms with Crippen LogP contribution in [0.25, 0.3) is 0 Å². The Balaban J connectivity index is 1.73. The molecule has 0 aromatic carbocycles. The number of hydrogen-bond donors (Lipinski definition) is 3. The second kappa shape index (κ2) is 8.33. The van der Waals surface area contributed by atoms with Crippen LogP contribution in [0.5, 0.6) is 0 Å². The van der Waals surface area contributed by atoms with Crippen molar-refractivity contribution in [1.82, 2.24) is 15.6 Å². The SMILES string of the molecule is CC(O)CC(C)(C)CNC(=O)NCc1ccc(N2CCCC2)nc1. The van der Waals surface area contributed by atoms with E-state index in [9.17, 15) is 9.90 Å². The predicted octanol–water partition coefficient (Wildman–Crippen LogP) is 2.28. The summed E-state index contributed by atoms with van der Waals surface area (Å²) in [6.45, 7) is 8.96. The van der Waals surface area contributed by atoms with Gasteiger partial charge in [0.25, 0.3) is 0 Å². The zero-order valence-corrected chi connectivity index (χ0v) is 15.0. The van der Waals surface area contributed by atoms with E-state index in [2.05, 4.69) is 20.5 Å². The number of rotatable bonds is 7. The third-order valence-electron chi connectivity index (χ3n) is 4.27. The maximum atomic E-state index is 11.9. The second-order valence-corrected chi connectivity index (χ2v) is 7.47. The fraction of sp³-hybridized carbons (Fsp3) is 0.667. The number of pyridine rings is 1. The molecule has 0 radical (unpaired) electrons. The summed E-state index contributed by atoms with van der Waals surface area (Å²) in [5, 5.41) is 15.2. The monoisotopic (exact) mass is 334 g/mol. The van der Waals surface area contributed by atoms with Gasteiger partial charge >= 0.3 is 6.03 Å². The van der Waals surface area contributed by atoms with Gasteiger partial charge in [-0.2, -0.15) is 0 Å². The number of aliphatic hydroxyl groups is 1. The molecule has 2 heterocycles. The molecule has 2 amide bonds. The van der Waals surface area contributed by atoms with Crippen LogP contribution in [0.3, 0.4) is 0 Å². The van der Waals surface area contributed by atoms with Crippen molar-refractivity contribution < 1.29 is 9.90 Å². The summed E-state index contributed by atoms with van der Waals surface area (Å²) in [6.07, 6.45) is 4.57. The van der Waals surface area contributed by atoms with Crippen LogP contribution >= 0.6 is 0 Å². The first-order valence-corrected chi connectivity index (χ1v) is 8.75. The fourth-order valence-corrected chi connectivity index (χ4v) is 3.09. The summed E-state index contributed by atoms with van der Waals surface area (Å²) in [5.74, 6) is 1.01. The van der Waals surface area contributed by atoms with Crippen LogP contribution in [0.2, 0.25) is 0 Å². The molecule has 1 fully saturated rings. The molecule has 6 heteroatoms. The third kappa shape index (κ3) is 6.00. The van der Waals surface area contributed by atoms with Crippen LogP contribution < -0.4 is 15.5 Å². The molecule has 24 heavy (non-hydrogen) atoms. The van der Waals surface area contributed by atoms with E-state index in [1.54, 1.807) is 6.92 Å². The number of urea groups is 1. The molecule has 3 N–H and O–H groups in total. The minimum absolute atomic E-state index is 0.134. The largest absolute Gasteiger partial charge is 0.393 e. The van der Waals surface area contributed by atoms with Crippen LogP contribution in [0, 0.1) is 5.41 Å². The zero-order valence-electron chi connectivity index (χ0n) is 15.0. The molecule has 134 valence electrons. The summed E-state index contributed by atoms with van der Waals surface area (Å²) in [6, 6.07) is 3.84. The Morgan fingerprint density at radius 1 is 1.33 bits per heavy atom. The van der Waals surface area contributed by atoms with Gasteiger partial charge in [0, 0.05) is 32.4 Å². The molecule has 1 saturated heterocycles. The molecule has 0 aliphatic carbocycles. The normalized spacial score (nSPS) is 16.1. The third-order valence-corrected chi connectivity index (χ3v) is 4.27. The molecule has 1 aromatic heterocycles. The lowest BCUT2D eigenvalue weighted by Crippen LogP contribution is -2.41. The minimum Gasteiger partial charge on any atom is -0.393 e. The second-order valence-electron chi connectivity index (χ2n) is 7.47. The molecule has 1 aliphatic heterocycles. The van der Waals surface area contributed by atoms with Gasteiger partial charge in [-0.15, -0.1) is 0 Å². The van der Waals surface area contributed by atoms with Crippen molar-refractivity contribution in [2.75, 3.05) is 24.5 Å². The Bertz CT molecular complexity index is 522. The van der Waals surface area contributed by atoms with E-state index < -0.39 is 0 Å². The highest BCUT2D eigenvalue weighted by molar-refractivity contribution is 5.73. The van der Waals surface area contributed by atoms with Crippen LogP contribution in [0.1, 0.15) is 45.6 Å². The van der Waals surface area contributed by atoms with E-state index in [1.165, 1.54) is 12.8 Å². The standard InChI is InChI=1S/C18H30N4O2/c1-14(23)10-18(2,3)13-21-17(24)20-12-15-6-7-16(19-11-15)22-8-4-5-9-22/h6-7,11,14,23H,4-5,8-10,12-13H2,1-3H3,(H2,20,21,24). The van der Waals surface area contributed by atoms with Crippen LogP contribution in [-0.2, 0) is 6.54 Å². The Hall–Kier alpha value is -1.82. The lowest BCUT2D eigenvalue weighted by molar-refractivity contribution is 0.129. The lowest BCUT2D eigenvalue weighted by atomic mass is 9.87. The molecule has 1 unspecified atom stereocenters. The number of amides is 2. The van der Waals surface area contributed by atoms with Gasteiger partial charge in [-0.1, -0.05) is 19.9 Å². The molecule has 0 bridgehead atoms. The molecular formula is C18H30N4O2. The highest BCUT2D eigenvalue weighted by Gasteiger charge is 2.21. The van der Waals surface area contributed by atoms with Crippen molar-refractivity contribution in [2.45, 2.75) is 52.7 Å². The Kier molecular flexibility index (Phi) is 6.43. The first kappa shape index (κ1) is 18.5. The van der Waals surface area contributed by atoms with Gasteiger partial charge in [0.1, 0.15) is 5.82 Å². The fourth-order valence-electron chi connectivity index (χ4n) is 3.09. The predicted molar refractivity (Wildman–Crippen MR) is 96.0 cm³/mol. The molecule has 2 rings (SSSR count). The van der Waals surface area contributed by atoms with Crippen molar-refractivity contribution in [3.8, 4) is 0 Å². The van der Waals surface area contributed by atoms with Gasteiger partial charge in [-0.05, 0) is 43.2 Å². The average molecular weight is 334 g/mol. The van der Waals surface area contributed by atoms with Gasteiger partial charge in [0.2, 0.25) is 0 Å². The number of aromatic nitrogens is 1. The quantitative estimate of drug-likeness (QED) is 0.715. The Labute approximate surface area is 144 Å². The van der Waals surface area contributed by atoms with Gasteiger partial charge in [0.05, 0.1) is 6.10 Å². The van der Waals surface area contributed by atoms with Crippen molar-refractivity contribution in [3.63, 3.8) is 0 Å². The van der Waals surface area contributed by atoms with Gasteiger partial charge in [0.15, 0.2) is 0 Å². The maximum Gasteiger partial charge on any atom is 0.315 e. The topological polar surface area (TPSA) is 77.5 Å². The molecular weight excluding hydrogens is 304 g/mol. The summed E-state index contributed by atoms with van der Waals surface area (Å²) >= 11 is 0. The van der Waals surface area contributed by atoms with Gasteiger partial charge in [-0.3, -0.25) is 0 Å². The van der Waals surface area contributed by atoms with E-state index >= 15 is 0 Å². The number of nitrogens with one attached hydrogen (secondary N) is 2. The summed E-state index contributed by atoms with van der Waals surface area (Å²) < 4.78 is 0. The molecule has 1 aliphatic rings. The minimum atomic E-state index is -0.370. The number of nitrogens with zero attached hydrogens (tertiary/aromatic N) is 2. The van der Waals surface area contributed by atoms with Crippen molar-refractivity contribution >= 4 is 11.8 Å². The smallest absolute Gasteiger partial charge is 0.315 e. The molecule has 6 nitrogen and oxygen atoms in total. The van der Waals surface area contributed by atoms with E-state index in [0.29, 0.717) is 19.5 Å². The number of hydrogen-bond acceptors (Lipinski definition) is 4. The number of carbonyl (C=O) groups is 1. The highest BCUT2D eigenvalue weighted by atomic mass is 16.3. The molecule has 0 saturated carbocycles. The zero-order chi connectivity index (χ0) is 17.6. The number of anilines is 1. The molecule has 0 spiro atoms. The Morgan fingerprint density at radius 3 is 2.62 bits per heavy atom.